The number of nitrogens with zero attached hydrogens (tertiary/aromatic N) is 5. The molecule has 0 aliphatic carbocycles. The van der Waals surface area contributed by atoms with E-state index in [-0.39, 0.29) is 35.9 Å². The first-order chi connectivity index (χ1) is 16.8. The van der Waals surface area contributed by atoms with E-state index in [0.29, 0.717) is 43.2 Å². The maximum absolute atomic E-state index is 12.6. The van der Waals surface area contributed by atoms with Crippen molar-refractivity contribution in [3.8, 4) is 11.4 Å². The van der Waals surface area contributed by atoms with Crippen molar-refractivity contribution in [2.45, 2.75) is 24.3 Å². The fourth-order valence-electron chi connectivity index (χ4n) is 3.70. The Labute approximate surface area is 202 Å². The second-order valence-electron chi connectivity index (χ2n) is 8.14. The Morgan fingerprint density at radius 1 is 1.03 bits per heavy atom. The Kier molecular flexibility index (Phi) is 7.39. The van der Waals surface area contributed by atoms with Crippen molar-refractivity contribution in [2.24, 2.45) is 5.92 Å². The molecule has 2 heterocycles. The molecule has 4 rings (SSSR count). The molecule has 0 bridgehead atoms. The van der Waals surface area contributed by atoms with E-state index in [9.17, 15) is 18.0 Å². The summed E-state index contributed by atoms with van der Waals surface area (Å²) in [7, 11) is -3.32. The molecule has 11 nitrogen and oxygen atoms in total. The molecule has 3 aromatic rings. The normalized spacial score (nSPS) is 14.5. The third-order valence-corrected chi connectivity index (χ3v) is 6.80. The number of piperidine rings is 1. The maximum Gasteiger partial charge on any atom is 0.309 e. The quantitative estimate of drug-likeness (QED) is 0.422. The van der Waals surface area contributed by atoms with Crippen LogP contribution in [0.1, 0.15) is 18.7 Å². The number of amides is 1. The first-order valence-electron chi connectivity index (χ1n) is 11.0. The molecular formula is C23H25N5O6S. The fourth-order valence-corrected chi connectivity index (χ4v) is 4.33. The number of hydrogen-bond donors (Lipinski definition) is 0. The zero-order chi connectivity index (χ0) is 24.8. The number of hydrogen-bond acceptors (Lipinski definition) is 9. The monoisotopic (exact) mass is 499 g/mol. The van der Waals surface area contributed by atoms with Crippen LogP contribution >= 0.6 is 0 Å². The van der Waals surface area contributed by atoms with Gasteiger partial charge >= 0.3 is 5.97 Å². The predicted molar refractivity (Wildman–Crippen MR) is 123 cm³/mol. The van der Waals surface area contributed by atoms with E-state index in [1.54, 1.807) is 29.2 Å². The van der Waals surface area contributed by atoms with Crippen LogP contribution in [0.2, 0.25) is 0 Å². The number of ether oxygens (including phenoxy) is 2. The van der Waals surface area contributed by atoms with Crippen molar-refractivity contribution in [1.82, 2.24) is 25.1 Å². The van der Waals surface area contributed by atoms with E-state index in [1.165, 1.54) is 16.8 Å². The van der Waals surface area contributed by atoms with Crippen LogP contribution in [-0.4, -0.2) is 71.4 Å². The maximum atomic E-state index is 12.6. The zero-order valence-electron chi connectivity index (χ0n) is 19.1. The van der Waals surface area contributed by atoms with Crippen LogP contribution in [0.3, 0.4) is 0 Å². The van der Waals surface area contributed by atoms with Crippen LogP contribution in [0.4, 0.5) is 0 Å². The largest absolute Gasteiger partial charge is 0.484 e. The number of tetrazole rings is 1. The summed E-state index contributed by atoms with van der Waals surface area (Å²) in [4.78, 5) is 26.9. The van der Waals surface area contributed by atoms with Crippen molar-refractivity contribution in [1.29, 1.82) is 0 Å². The number of carbonyl (C=O) groups excluding carboxylic acids is 2. The first kappa shape index (κ1) is 24.3. The second kappa shape index (κ2) is 10.6. The van der Waals surface area contributed by atoms with Crippen LogP contribution in [0, 0.1) is 5.92 Å². The number of para-hydroxylation sites is 1. The van der Waals surface area contributed by atoms with Crippen LogP contribution in [-0.2, 0) is 30.8 Å². The minimum absolute atomic E-state index is 0.0487. The molecule has 0 N–H and O–H groups in total. The molecule has 0 saturated carbocycles. The highest BCUT2D eigenvalue weighted by molar-refractivity contribution is 7.90. The van der Waals surface area contributed by atoms with Gasteiger partial charge < -0.3 is 14.4 Å². The molecule has 0 unspecified atom stereocenters. The topological polar surface area (TPSA) is 134 Å². The number of likely N-dealkylation sites (tertiary alicyclic amines) is 1. The van der Waals surface area contributed by atoms with Crippen LogP contribution in [0.25, 0.3) is 5.69 Å². The zero-order valence-corrected chi connectivity index (χ0v) is 19.9. The van der Waals surface area contributed by atoms with Gasteiger partial charge in [0.15, 0.2) is 28.9 Å². The number of benzene rings is 2. The van der Waals surface area contributed by atoms with Crippen LogP contribution < -0.4 is 4.74 Å². The second-order valence-corrected chi connectivity index (χ2v) is 10.2. The average Bonchev–Trinajstić information content (AvgIpc) is 3.35. The molecule has 1 aliphatic heterocycles. The fraction of sp³-hybridized carbons (Fsp3) is 0.348. The van der Waals surface area contributed by atoms with E-state index < -0.39 is 9.84 Å². The smallest absolute Gasteiger partial charge is 0.309 e. The molecule has 184 valence electrons. The van der Waals surface area contributed by atoms with Crippen molar-refractivity contribution < 1.29 is 27.5 Å². The molecule has 1 aromatic heterocycles. The molecule has 1 amide bonds. The average molecular weight is 500 g/mol. The Bertz CT molecular complexity index is 1270. The lowest BCUT2D eigenvalue weighted by Crippen LogP contribution is -2.42. The summed E-state index contributed by atoms with van der Waals surface area (Å²) in [6.07, 6.45) is 2.12. The summed E-state index contributed by atoms with van der Waals surface area (Å²) < 4.78 is 35.6. The lowest BCUT2D eigenvalue weighted by atomic mass is 9.97. The van der Waals surface area contributed by atoms with Crippen molar-refractivity contribution >= 4 is 21.7 Å². The van der Waals surface area contributed by atoms with E-state index >= 15 is 0 Å². The highest BCUT2D eigenvalue weighted by Crippen LogP contribution is 2.20. The number of rotatable bonds is 8. The number of aromatic nitrogens is 4. The predicted octanol–water partition coefficient (Wildman–Crippen LogP) is 1.43. The molecule has 1 fully saturated rings. The van der Waals surface area contributed by atoms with Gasteiger partial charge in [-0.1, -0.05) is 18.2 Å². The highest BCUT2D eigenvalue weighted by Gasteiger charge is 2.29. The lowest BCUT2D eigenvalue weighted by Gasteiger charge is -2.30. The van der Waals surface area contributed by atoms with Crippen LogP contribution in [0.15, 0.2) is 59.5 Å². The Hall–Kier alpha value is -3.80. The van der Waals surface area contributed by atoms with E-state index in [2.05, 4.69) is 15.5 Å². The number of esters is 1. The van der Waals surface area contributed by atoms with E-state index in [0.717, 1.165) is 6.26 Å². The number of carbonyl (C=O) groups is 2. The molecule has 0 radical (unpaired) electrons. The molecule has 2 aromatic carbocycles. The summed E-state index contributed by atoms with van der Waals surface area (Å²) in [5.74, 6) is 0.109. The van der Waals surface area contributed by atoms with E-state index in [1.807, 2.05) is 18.2 Å². The SMILES string of the molecule is CS(=O)(=O)c1ccc(-n2nnnc2COC(=O)C2CCN(C(=O)COc3ccccc3)CC2)cc1. The van der Waals surface area contributed by atoms with Gasteiger partial charge in [-0.05, 0) is 59.7 Å². The Balaban J connectivity index is 1.26. The summed E-state index contributed by atoms with van der Waals surface area (Å²) in [5, 5.41) is 11.4. The minimum atomic E-state index is -3.32. The standard InChI is InChI=1S/C23H25N5O6S/c1-35(31,32)20-9-7-18(8-10-20)28-21(24-25-26-28)15-34-23(30)17-11-13-27(14-12-17)22(29)16-33-19-5-3-2-4-6-19/h2-10,17H,11-16H2,1H3. The molecule has 0 spiro atoms. The minimum Gasteiger partial charge on any atom is -0.484 e. The Morgan fingerprint density at radius 2 is 1.71 bits per heavy atom. The van der Waals surface area contributed by atoms with Gasteiger partial charge in [-0.15, -0.1) is 5.10 Å². The van der Waals surface area contributed by atoms with Gasteiger partial charge in [0, 0.05) is 19.3 Å². The third-order valence-electron chi connectivity index (χ3n) is 5.67. The van der Waals surface area contributed by atoms with Crippen molar-refractivity contribution in [2.75, 3.05) is 26.0 Å². The van der Waals surface area contributed by atoms with Gasteiger partial charge in [-0.3, -0.25) is 9.59 Å². The molecule has 0 atom stereocenters. The lowest BCUT2D eigenvalue weighted by molar-refractivity contribution is -0.153. The van der Waals surface area contributed by atoms with Crippen molar-refractivity contribution in [3.63, 3.8) is 0 Å². The van der Waals surface area contributed by atoms with Gasteiger partial charge in [0.2, 0.25) is 0 Å². The summed E-state index contributed by atoms with van der Waals surface area (Å²) in [5.41, 5.74) is 0.540. The number of sulfone groups is 1. The van der Waals surface area contributed by atoms with Gasteiger partial charge in [0.05, 0.1) is 16.5 Å². The van der Waals surface area contributed by atoms with Gasteiger partial charge in [0.25, 0.3) is 5.91 Å². The molecule has 35 heavy (non-hydrogen) atoms. The molecule has 1 aliphatic rings. The molecule has 1 saturated heterocycles. The van der Waals surface area contributed by atoms with Gasteiger partial charge in [0.1, 0.15) is 5.75 Å². The van der Waals surface area contributed by atoms with Gasteiger partial charge in [-0.2, -0.15) is 4.68 Å². The summed E-state index contributed by atoms with van der Waals surface area (Å²) in [6, 6.07) is 15.2. The summed E-state index contributed by atoms with van der Waals surface area (Å²) in [6.45, 7) is 0.707. The van der Waals surface area contributed by atoms with Crippen molar-refractivity contribution in [3.05, 3.63) is 60.4 Å². The molecular weight excluding hydrogens is 474 g/mol. The van der Waals surface area contributed by atoms with E-state index in [4.69, 9.17) is 9.47 Å². The van der Waals surface area contributed by atoms with Gasteiger partial charge in [-0.25, -0.2) is 8.42 Å². The summed E-state index contributed by atoms with van der Waals surface area (Å²) >= 11 is 0. The third kappa shape index (κ3) is 6.21. The Morgan fingerprint density at radius 3 is 2.37 bits per heavy atom. The molecule has 12 heteroatoms. The van der Waals surface area contributed by atoms with Crippen LogP contribution in [0.5, 0.6) is 5.75 Å². The first-order valence-corrected chi connectivity index (χ1v) is 12.9. The highest BCUT2D eigenvalue weighted by atomic mass is 32.2.